The SMILES string of the molecule is O=C(COc1cccc(N2CCCC2=O)c1)NCCOc1ccccc1F. The molecular formula is C20H21FN2O4. The highest BCUT2D eigenvalue weighted by Gasteiger charge is 2.21. The van der Waals surface area contributed by atoms with Crippen LogP contribution in [0.15, 0.2) is 48.5 Å². The molecule has 0 radical (unpaired) electrons. The summed E-state index contributed by atoms with van der Waals surface area (Å²) in [7, 11) is 0. The van der Waals surface area contributed by atoms with Crippen molar-refractivity contribution in [3.05, 3.63) is 54.3 Å². The highest BCUT2D eigenvalue weighted by Crippen LogP contribution is 2.25. The van der Waals surface area contributed by atoms with Crippen molar-refractivity contribution in [2.24, 2.45) is 0 Å². The van der Waals surface area contributed by atoms with Crippen LogP contribution >= 0.6 is 0 Å². The van der Waals surface area contributed by atoms with Gasteiger partial charge in [0.05, 0.1) is 6.54 Å². The van der Waals surface area contributed by atoms with Crippen LogP contribution in [0.25, 0.3) is 0 Å². The minimum Gasteiger partial charge on any atom is -0.489 e. The summed E-state index contributed by atoms with van der Waals surface area (Å²) in [5.41, 5.74) is 0.772. The minimum absolute atomic E-state index is 0.0970. The molecule has 0 saturated carbocycles. The van der Waals surface area contributed by atoms with Gasteiger partial charge in [-0.15, -0.1) is 0 Å². The van der Waals surface area contributed by atoms with E-state index >= 15 is 0 Å². The lowest BCUT2D eigenvalue weighted by Gasteiger charge is -2.16. The predicted octanol–water partition coefficient (Wildman–Crippen LogP) is 2.53. The van der Waals surface area contributed by atoms with Crippen molar-refractivity contribution in [3.63, 3.8) is 0 Å². The monoisotopic (exact) mass is 372 g/mol. The van der Waals surface area contributed by atoms with Gasteiger partial charge in [0, 0.05) is 24.7 Å². The van der Waals surface area contributed by atoms with Gasteiger partial charge >= 0.3 is 0 Å². The van der Waals surface area contributed by atoms with Gasteiger partial charge in [0.25, 0.3) is 5.91 Å². The number of carbonyl (C=O) groups excluding carboxylic acids is 2. The first-order chi connectivity index (χ1) is 13.1. The maximum atomic E-state index is 13.4. The number of para-hydroxylation sites is 1. The summed E-state index contributed by atoms with van der Waals surface area (Å²) in [6.45, 7) is 0.931. The number of halogens is 1. The molecule has 2 aromatic carbocycles. The summed E-state index contributed by atoms with van der Waals surface area (Å²) in [5.74, 6) is 0.0132. The molecule has 0 bridgehead atoms. The van der Waals surface area contributed by atoms with Crippen molar-refractivity contribution in [2.75, 3.05) is 31.2 Å². The smallest absolute Gasteiger partial charge is 0.258 e. The Morgan fingerprint density at radius 3 is 2.78 bits per heavy atom. The molecule has 2 aromatic rings. The Labute approximate surface area is 156 Å². The molecule has 142 valence electrons. The summed E-state index contributed by atoms with van der Waals surface area (Å²) >= 11 is 0. The van der Waals surface area contributed by atoms with Crippen molar-refractivity contribution < 1.29 is 23.5 Å². The molecule has 1 saturated heterocycles. The zero-order valence-corrected chi connectivity index (χ0v) is 14.8. The number of benzene rings is 2. The van der Waals surface area contributed by atoms with Crippen LogP contribution in [0.3, 0.4) is 0 Å². The second-order valence-corrected chi connectivity index (χ2v) is 6.06. The Balaban J connectivity index is 1.40. The van der Waals surface area contributed by atoms with E-state index in [4.69, 9.17) is 9.47 Å². The Morgan fingerprint density at radius 2 is 2.00 bits per heavy atom. The third-order valence-corrected chi connectivity index (χ3v) is 4.09. The van der Waals surface area contributed by atoms with Crippen molar-refractivity contribution in [1.82, 2.24) is 5.32 Å². The van der Waals surface area contributed by atoms with Crippen LogP contribution < -0.4 is 19.7 Å². The first-order valence-electron chi connectivity index (χ1n) is 8.81. The zero-order chi connectivity index (χ0) is 19.1. The highest BCUT2D eigenvalue weighted by molar-refractivity contribution is 5.95. The van der Waals surface area contributed by atoms with Gasteiger partial charge in [0.2, 0.25) is 5.91 Å². The summed E-state index contributed by atoms with van der Waals surface area (Å²) in [4.78, 5) is 25.4. The van der Waals surface area contributed by atoms with Gasteiger partial charge in [-0.05, 0) is 30.7 Å². The van der Waals surface area contributed by atoms with E-state index < -0.39 is 5.82 Å². The highest BCUT2D eigenvalue weighted by atomic mass is 19.1. The van der Waals surface area contributed by atoms with Crippen LogP contribution in [-0.4, -0.2) is 38.1 Å². The van der Waals surface area contributed by atoms with E-state index in [0.717, 1.165) is 12.1 Å². The summed E-state index contributed by atoms with van der Waals surface area (Å²) in [6, 6.07) is 13.2. The second-order valence-electron chi connectivity index (χ2n) is 6.06. The Kier molecular flexibility index (Phi) is 6.25. The average molecular weight is 372 g/mol. The van der Waals surface area contributed by atoms with E-state index in [1.54, 1.807) is 35.2 Å². The van der Waals surface area contributed by atoms with Gasteiger partial charge in [-0.1, -0.05) is 18.2 Å². The van der Waals surface area contributed by atoms with Crippen molar-refractivity contribution in [2.45, 2.75) is 12.8 Å². The molecule has 6 nitrogen and oxygen atoms in total. The molecular weight excluding hydrogens is 351 g/mol. The molecule has 1 fully saturated rings. The van der Waals surface area contributed by atoms with E-state index in [-0.39, 0.29) is 37.3 Å². The number of ether oxygens (including phenoxy) is 2. The zero-order valence-electron chi connectivity index (χ0n) is 14.8. The van der Waals surface area contributed by atoms with E-state index in [2.05, 4.69) is 5.32 Å². The summed E-state index contributed by atoms with van der Waals surface area (Å²) in [5, 5.41) is 2.64. The number of anilines is 1. The molecule has 3 rings (SSSR count). The number of amides is 2. The fourth-order valence-electron chi connectivity index (χ4n) is 2.78. The number of carbonyl (C=O) groups is 2. The largest absolute Gasteiger partial charge is 0.489 e. The fraction of sp³-hybridized carbons (Fsp3) is 0.300. The molecule has 1 aliphatic heterocycles. The molecule has 0 aromatic heterocycles. The van der Waals surface area contributed by atoms with Gasteiger partial charge in [0.1, 0.15) is 12.4 Å². The van der Waals surface area contributed by atoms with Crippen LogP contribution in [0, 0.1) is 5.82 Å². The molecule has 0 unspecified atom stereocenters. The molecule has 1 N–H and O–H groups in total. The third-order valence-electron chi connectivity index (χ3n) is 4.09. The van der Waals surface area contributed by atoms with Crippen LogP contribution in [-0.2, 0) is 9.59 Å². The average Bonchev–Trinajstić information content (AvgIpc) is 3.11. The number of rotatable bonds is 8. The van der Waals surface area contributed by atoms with Crippen molar-refractivity contribution >= 4 is 17.5 Å². The normalized spacial score (nSPS) is 13.5. The second kappa shape index (κ2) is 9.02. The van der Waals surface area contributed by atoms with Crippen LogP contribution in [0.4, 0.5) is 10.1 Å². The predicted molar refractivity (Wildman–Crippen MR) is 98.4 cm³/mol. The number of hydrogen-bond donors (Lipinski definition) is 1. The first-order valence-corrected chi connectivity index (χ1v) is 8.81. The number of nitrogens with one attached hydrogen (secondary N) is 1. The van der Waals surface area contributed by atoms with Crippen molar-refractivity contribution in [1.29, 1.82) is 0 Å². The van der Waals surface area contributed by atoms with Crippen molar-refractivity contribution in [3.8, 4) is 11.5 Å². The molecule has 2 amide bonds. The maximum absolute atomic E-state index is 13.4. The van der Waals surface area contributed by atoms with Crippen LogP contribution in [0.2, 0.25) is 0 Å². The number of nitrogens with zero attached hydrogens (tertiary/aromatic N) is 1. The Hall–Kier alpha value is -3.09. The first kappa shape index (κ1) is 18.7. The van der Waals surface area contributed by atoms with E-state index in [1.165, 1.54) is 12.1 Å². The lowest BCUT2D eigenvalue weighted by atomic mass is 10.3. The lowest BCUT2D eigenvalue weighted by Crippen LogP contribution is -2.32. The summed E-state index contributed by atoms with van der Waals surface area (Å²) in [6.07, 6.45) is 1.41. The molecule has 0 spiro atoms. The fourth-order valence-corrected chi connectivity index (χ4v) is 2.78. The Bertz CT molecular complexity index is 812. The number of hydrogen-bond acceptors (Lipinski definition) is 4. The Morgan fingerprint density at radius 1 is 1.15 bits per heavy atom. The molecule has 0 aliphatic carbocycles. The van der Waals surface area contributed by atoms with E-state index in [0.29, 0.717) is 18.7 Å². The molecule has 0 atom stereocenters. The van der Waals surface area contributed by atoms with Gasteiger partial charge in [0.15, 0.2) is 18.2 Å². The molecule has 1 heterocycles. The van der Waals surface area contributed by atoms with Gasteiger partial charge < -0.3 is 19.7 Å². The van der Waals surface area contributed by atoms with E-state index in [1.807, 2.05) is 6.07 Å². The quantitative estimate of drug-likeness (QED) is 0.723. The van der Waals surface area contributed by atoms with E-state index in [9.17, 15) is 14.0 Å². The topological polar surface area (TPSA) is 67.9 Å². The molecule has 1 aliphatic rings. The summed E-state index contributed by atoms with van der Waals surface area (Å²) < 4.78 is 24.1. The third kappa shape index (κ3) is 5.20. The van der Waals surface area contributed by atoms with Gasteiger partial charge in [-0.2, -0.15) is 0 Å². The molecule has 27 heavy (non-hydrogen) atoms. The standard InChI is InChI=1S/C20H21FN2O4/c21-17-7-1-2-8-18(17)26-12-10-22-19(24)14-27-16-6-3-5-15(13-16)23-11-4-9-20(23)25/h1-3,5-8,13H,4,9-12,14H2,(H,22,24). The van der Waals surface area contributed by atoms with Crippen LogP contribution in [0.5, 0.6) is 11.5 Å². The lowest BCUT2D eigenvalue weighted by molar-refractivity contribution is -0.123. The maximum Gasteiger partial charge on any atom is 0.258 e. The minimum atomic E-state index is -0.441. The van der Waals surface area contributed by atoms with Crippen LogP contribution in [0.1, 0.15) is 12.8 Å². The molecule has 7 heteroatoms. The van der Waals surface area contributed by atoms with Gasteiger partial charge in [-0.3, -0.25) is 9.59 Å². The van der Waals surface area contributed by atoms with Gasteiger partial charge in [-0.25, -0.2) is 4.39 Å².